The number of nitrogens with one attached hydrogen (secondary N) is 1. The molecule has 0 aromatic carbocycles. The van der Waals surface area contributed by atoms with Crippen molar-refractivity contribution in [1.29, 1.82) is 0 Å². The van der Waals surface area contributed by atoms with E-state index >= 15 is 0 Å². The van der Waals surface area contributed by atoms with Gasteiger partial charge in [-0.05, 0) is 18.3 Å². The molecule has 0 heterocycles. The fourth-order valence-electron chi connectivity index (χ4n) is 1.07. The van der Waals surface area contributed by atoms with Crippen molar-refractivity contribution in [1.82, 2.24) is 5.32 Å². The Bertz CT molecular complexity index is 225. The van der Waals surface area contributed by atoms with E-state index in [2.05, 4.69) is 21.2 Å². The van der Waals surface area contributed by atoms with Gasteiger partial charge in [0, 0.05) is 11.9 Å². The molecule has 0 saturated heterocycles. The van der Waals surface area contributed by atoms with E-state index in [1.54, 1.807) is 0 Å². The maximum atomic E-state index is 11.8. The second kappa shape index (κ2) is 4.08. The van der Waals surface area contributed by atoms with Crippen LogP contribution in [0.25, 0.3) is 0 Å². The summed E-state index contributed by atoms with van der Waals surface area (Å²) in [5.74, 6) is -0.940. The van der Waals surface area contributed by atoms with Crippen LogP contribution in [-0.4, -0.2) is 24.0 Å². The van der Waals surface area contributed by atoms with E-state index in [1.807, 2.05) is 0 Å². The summed E-state index contributed by atoms with van der Waals surface area (Å²) >= 11 is 3.27. The second-order valence-corrected chi connectivity index (χ2v) is 4.26. The van der Waals surface area contributed by atoms with Crippen molar-refractivity contribution < 1.29 is 18.0 Å². The molecule has 0 aromatic heterocycles. The molecule has 0 radical (unpaired) electrons. The van der Waals surface area contributed by atoms with Crippen molar-refractivity contribution in [3.8, 4) is 0 Å². The lowest BCUT2D eigenvalue weighted by atomic mass is 10.1. The van der Waals surface area contributed by atoms with Crippen LogP contribution in [-0.2, 0) is 4.79 Å². The molecule has 1 aliphatic carbocycles. The minimum atomic E-state index is -4.41. The molecule has 14 heavy (non-hydrogen) atoms. The molecular weight excluding hydrogens is 263 g/mol. The topological polar surface area (TPSA) is 29.1 Å². The molecule has 0 aliphatic heterocycles. The van der Waals surface area contributed by atoms with Gasteiger partial charge in [0.1, 0.15) is 6.42 Å². The Hall–Kier alpha value is -0.260. The van der Waals surface area contributed by atoms with Crippen molar-refractivity contribution in [2.45, 2.75) is 25.4 Å². The molecule has 0 aromatic rings. The minimum Gasteiger partial charge on any atom is -0.355 e. The molecule has 1 rings (SSSR count). The van der Waals surface area contributed by atoms with Crippen molar-refractivity contribution in [3.05, 3.63) is 0 Å². The second-order valence-electron chi connectivity index (χ2n) is 3.70. The highest BCUT2D eigenvalue weighted by Gasteiger charge is 2.42. The van der Waals surface area contributed by atoms with Crippen LogP contribution in [0.4, 0.5) is 13.2 Å². The van der Waals surface area contributed by atoms with Crippen molar-refractivity contribution >= 4 is 21.8 Å². The summed E-state index contributed by atoms with van der Waals surface area (Å²) in [4.78, 5) is 10.8. The van der Waals surface area contributed by atoms with E-state index in [9.17, 15) is 18.0 Å². The highest BCUT2D eigenvalue weighted by molar-refractivity contribution is 9.09. The van der Waals surface area contributed by atoms with Gasteiger partial charge in [-0.3, -0.25) is 4.79 Å². The van der Waals surface area contributed by atoms with Crippen LogP contribution in [0, 0.1) is 5.41 Å². The quantitative estimate of drug-likeness (QED) is 0.782. The zero-order valence-electron chi connectivity index (χ0n) is 7.46. The van der Waals surface area contributed by atoms with Gasteiger partial charge < -0.3 is 5.32 Å². The Labute approximate surface area is 88.4 Å². The first-order chi connectivity index (χ1) is 6.37. The molecular formula is C8H11BrF3NO. The number of carbonyl (C=O) groups is 1. The predicted octanol–water partition coefficient (Wildman–Crippen LogP) is 2.23. The van der Waals surface area contributed by atoms with Gasteiger partial charge in [0.25, 0.3) is 0 Å². The molecule has 0 bridgehead atoms. The van der Waals surface area contributed by atoms with E-state index in [4.69, 9.17) is 0 Å². The van der Waals surface area contributed by atoms with E-state index in [0.717, 1.165) is 18.2 Å². The Morgan fingerprint density at radius 1 is 1.43 bits per heavy atom. The predicted molar refractivity (Wildman–Crippen MR) is 49.1 cm³/mol. The van der Waals surface area contributed by atoms with Gasteiger partial charge in [0.15, 0.2) is 0 Å². The monoisotopic (exact) mass is 273 g/mol. The third kappa shape index (κ3) is 3.86. The minimum absolute atomic E-state index is 0.0151. The molecule has 1 aliphatic rings. The largest absolute Gasteiger partial charge is 0.397 e. The van der Waals surface area contributed by atoms with E-state index in [-0.39, 0.29) is 5.41 Å². The number of rotatable bonds is 4. The Morgan fingerprint density at radius 2 is 2.00 bits per heavy atom. The molecule has 82 valence electrons. The van der Waals surface area contributed by atoms with Gasteiger partial charge in [-0.2, -0.15) is 13.2 Å². The van der Waals surface area contributed by atoms with Crippen molar-refractivity contribution in [2.75, 3.05) is 11.9 Å². The summed E-state index contributed by atoms with van der Waals surface area (Å²) in [7, 11) is 0. The summed E-state index contributed by atoms with van der Waals surface area (Å²) in [6.07, 6.45) is -3.87. The van der Waals surface area contributed by atoms with Crippen LogP contribution in [0.2, 0.25) is 0 Å². The number of halogens is 4. The van der Waals surface area contributed by atoms with Crippen LogP contribution in [0.3, 0.4) is 0 Å². The molecule has 6 heteroatoms. The third-order valence-electron chi connectivity index (χ3n) is 2.26. The number of amides is 1. The molecule has 0 unspecified atom stereocenters. The van der Waals surface area contributed by atoms with Crippen LogP contribution < -0.4 is 5.32 Å². The first-order valence-electron chi connectivity index (χ1n) is 4.26. The molecule has 2 nitrogen and oxygen atoms in total. The highest BCUT2D eigenvalue weighted by atomic mass is 79.9. The normalized spacial score (nSPS) is 19.1. The summed E-state index contributed by atoms with van der Waals surface area (Å²) in [6, 6.07) is 0. The van der Waals surface area contributed by atoms with Gasteiger partial charge in [0.2, 0.25) is 5.91 Å². The average molecular weight is 274 g/mol. The Morgan fingerprint density at radius 3 is 2.36 bits per heavy atom. The lowest BCUT2D eigenvalue weighted by Crippen LogP contribution is -2.33. The molecule has 1 fully saturated rings. The molecule has 0 atom stereocenters. The number of hydrogen-bond donors (Lipinski definition) is 1. The van der Waals surface area contributed by atoms with E-state index in [0.29, 0.717) is 6.54 Å². The Balaban J connectivity index is 2.22. The first-order valence-corrected chi connectivity index (χ1v) is 5.38. The van der Waals surface area contributed by atoms with E-state index in [1.165, 1.54) is 0 Å². The van der Waals surface area contributed by atoms with Gasteiger partial charge in [-0.25, -0.2) is 0 Å². The van der Waals surface area contributed by atoms with Gasteiger partial charge in [-0.1, -0.05) is 15.9 Å². The lowest BCUT2D eigenvalue weighted by Gasteiger charge is -2.13. The summed E-state index contributed by atoms with van der Waals surface area (Å²) in [5, 5.41) is 3.03. The molecule has 1 N–H and O–H groups in total. The zero-order chi connectivity index (χ0) is 10.8. The maximum Gasteiger partial charge on any atom is 0.397 e. The van der Waals surface area contributed by atoms with Gasteiger partial charge >= 0.3 is 6.18 Å². The number of carbonyl (C=O) groups excluding carboxylic acids is 1. The average Bonchev–Trinajstić information content (AvgIpc) is 2.78. The summed E-state index contributed by atoms with van der Waals surface area (Å²) in [6.45, 7) is 0.340. The fourth-order valence-corrected chi connectivity index (χ4v) is 1.82. The summed E-state index contributed by atoms with van der Waals surface area (Å²) in [5.41, 5.74) is 0.0151. The van der Waals surface area contributed by atoms with Crippen LogP contribution >= 0.6 is 15.9 Å². The fraction of sp³-hybridized carbons (Fsp3) is 0.875. The molecule has 1 saturated carbocycles. The van der Waals surface area contributed by atoms with Crippen molar-refractivity contribution in [2.24, 2.45) is 5.41 Å². The maximum absolute atomic E-state index is 11.8. The van der Waals surface area contributed by atoms with E-state index < -0.39 is 18.5 Å². The first kappa shape index (κ1) is 11.8. The third-order valence-corrected chi connectivity index (χ3v) is 3.45. The highest BCUT2D eigenvalue weighted by Crippen LogP contribution is 2.46. The summed E-state index contributed by atoms with van der Waals surface area (Å²) < 4.78 is 35.3. The van der Waals surface area contributed by atoms with Crippen molar-refractivity contribution in [3.63, 3.8) is 0 Å². The number of hydrogen-bond acceptors (Lipinski definition) is 1. The lowest BCUT2D eigenvalue weighted by molar-refractivity contribution is -0.153. The van der Waals surface area contributed by atoms with Crippen LogP contribution in [0.15, 0.2) is 0 Å². The molecule has 0 spiro atoms. The van der Waals surface area contributed by atoms with Gasteiger partial charge in [-0.15, -0.1) is 0 Å². The van der Waals surface area contributed by atoms with Gasteiger partial charge in [0.05, 0.1) is 0 Å². The Kier molecular flexibility index (Phi) is 3.44. The zero-order valence-corrected chi connectivity index (χ0v) is 9.04. The van der Waals surface area contributed by atoms with Crippen LogP contribution in [0.1, 0.15) is 19.3 Å². The SMILES string of the molecule is O=C(CC(F)(F)F)NCC1(CBr)CC1. The van der Waals surface area contributed by atoms with Crippen LogP contribution in [0.5, 0.6) is 0 Å². The number of alkyl halides is 4. The standard InChI is InChI=1S/C8H11BrF3NO/c9-4-7(1-2-7)5-13-6(14)3-8(10,11)12/h1-5H2,(H,13,14). The molecule has 1 amide bonds. The smallest absolute Gasteiger partial charge is 0.355 e.